The maximum absolute atomic E-state index is 10.7. The second kappa shape index (κ2) is 5.73. The van der Waals surface area contributed by atoms with Crippen LogP contribution in [0, 0.1) is 17.3 Å². The maximum Gasteiger partial charge on any atom is 0.0650 e. The van der Waals surface area contributed by atoms with Crippen LogP contribution >= 0.6 is 0 Å². The predicted octanol–water partition coefficient (Wildman–Crippen LogP) is 4.78. The smallest absolute Gasteiger partial charge is 0.0650 e. The average Bonchev–Trinajstić information content (AvgIpc) is 2.16. The highest BCUT2D eigenvalue weighted by molar-refractivity contribution is 4.89. The van der Waals surface area contributed by atoms with Gasteiger partial charge >= 0.3 is 0 Å². The third-order valence-electron chi connectivity index (χ3n) is 4.65. The largest absolute Gasteiger partial charge is 0.390 e. The molecule has 0 radical (unpaired) electrons. The molecule has 0 amide bonds. The lowest BCUT2D eigenvalue weighted by Crippen LogP contribution is -2.38. The van der Waals surface area contributed by atoms with Crippen LogP contribution in [0.3, 0.4) is 0 Å². The van der Waals surface area contributed by atoms with Crippen LogP contribution in [0.4, 0.5) is 0 Å². The van der Waals surface area contributed by atoms with Gasteiger partial charge in [0.2, 0.25) is 0 Å². The molecule has 1 atom stereocenters. The Bertz CT molecular complexity index is 218. The monoisotopic (exact) mass is 240 g/mol. The first-order chi connectivity index (χ1) is 7.77. The molecule has 102 valence electrons. The van der Waals surface area contributed by atoms with Gasteiger partial charge in [0.15, 0.2) is 0 Å². The van der Waals surface area contributed by atoms with Crippen molar-refractivity contribution in [2.24, 2.45) is 17.3 Å². The van der Waals surface area contributed by atoms with E-state index in [2.05, 4.69) is 34.6 Å². The first kappa shape index (κ1) is 15.0. The Morgan fingerprint density at radius 3 is 2.18 bits per heavy atom. The van der Waals surface area contributed by atoms with Gasteiger partial charge in [-0.2, -0.15) is 0 Å². The van der Waals surface area contributed by atoms with Crippen molar-refractivity contribution in [2.45, 2.75) is 85.2 Å². The van der Waals surface area contributed by atoms with Crippen LogP contribution in [0.1, 0.15) is 79.6 Å². The molecule has 0 heterocycles. The minimum Gasteiger partial charge on any atom is -0.390 e. The van der Waals surface area contributed by atoms with Crippen molar-refractivity contribution in [2.75, 3.05) is 0 Å². The zero-order valence-electron chi connectivity index (χ0n) is 12.6. The summed E-state index contributed by atoms with van der Waals surface area (Å²) in [6.07, 6.45) is 7.95. The van der Waals surface area contributed by atoms with Crippen molar-refractivity contribution in [3.63, 3.8) is 0 Å². The van der Waals surface area contributed by atoms with E-state index in [1.54, 1.807) is 0 Å². The summed E-state index contributed by atoms with van der Waals surface area (Å²) in [7, 11) is 0. The first-order valence-electron chi connectivity index (χ1n) is 7.49. The quantitative estimate of drug-likeness (QED) is 0.749. The van der Waals surface area contributed by atoms with E-state index in [4.69, 9.17) is 0 Å². The highest BCUT2D eigenvalue weighted by atomic mass is 16.3. The van der Waals surface area contributed by atoms with E-state index < -0.39 is 0 Å². The minimum absolute atomic E-state index is 0.351. The molecule has 0 bridgehead atoms. The number of rotatable bonds is 4. The highest BCUT2D eigenvalue weighted by Gasteiger charge is 2.37. The molecular formula is C16H32O. The zero-order chi connectivity index (χ0) is 13.1. The van der Waals surface area contributed by atoms with Crippen LogP contribution in [-0.4, -0.2) is 10.7 Å². The van der Waals surface area contributed by atoms with Gasteiger partial charge in [-0.25, -0.2) is 0 Å². The molecular weight excluding hydrogens is 208 g/mol. The van der Waals surface area contributed by atoms with E-state index in [1.807, 2.05) is 0 Å². The second-order valence-electron chi connectivity index (χ2n) is 7.46. The average molecular weight is 240 g/mol. The van der Waals surface area contributed by atoms with Gasteiger partial charge in [0, 0.05) is 0 Å². The molecule has 0 aliphatic heterocycles. The van der Waals surface area contributed by atoms with Crippen LogP contribution < -0.4 is 0 Å². The normalized spacial score (nSPS) is 32.5. The number of hydrogen-bond acceptors (Lipinski definition) is 1. The molecule has 0 aromatic heterocycles. The molecule has 0 spiro atoms. The Kier molecular flexibility index (Phi) is 5.07. The number of aliphatic hydroxyl groups is 1. The molecule has 1 N–H and O–H groups in total. The molecule has 0 saturated heterocycles. The van der Waals surface area contributed by atoms with Gasteiger partial charge in [0.25, 0.3) is 0 Å². The summed E-state index contributed by atoms with van der Waals surface area (Å²) in [5.41, 5.74) is 0.0622. The summed E-state index contributed by atoms with van der Waals surface area (Å²) in [6, 6.07) is 0. The Labute approximate surface area is 108 Å². The maximum atomic E-state index is 10.7. The third kappa shape index (κ3) is 4.62. The molecule has 1 unspecified atom stereocenters. The summed E-state index contributed by atoms with van der Waals surface area (Å²) < 4.78 is 0. The predicted molar refractivity (Wildman–Crippen MR) is 75.1 cm³/mol. The molecule has 1 fully saturated rings. The van der Waals surface area contributed by atoms with Crippen molar-refractivity contribution < 1.29 is 5.11 Å². The van der Waals surface area contributed by atoms with Crippen molar-refractivity contribution in [1.29, 1.82) is 0 Å². The summed E-state index contributed by atoms with van der Waals surface area (Å²) in [4.78, 5) is 0. The van der Waals surface area contributed by atoms with Crippen molar-refractivity contribution in [3.8, 4) is 0 Å². The lowest BCUT2D eigenvalue weighted by atomic mass is 9.67. The Morgan fingerprint density at radius 2 is 1.76 bits per heavy atom. The first-order valence-corrected chi connectivity index (χ1v) is 7.49. The van der Waals surface area contributed by atoms with Crippen LogP contribution in [0.2, 0.25) is 0 Å². The minimum atomic E-state index is -0.351. The SMILES string of the molecule is CCCC(C)CC1(O)CCC(C(C)(C)C)CC1. The molecule has 1 aliphatic rings. The topological polar surface area (TPSA) is 20.2 Å². The molecule has 0 aromatic rings. The molecule has 17 heavy (non-hydrogen) atoms. The lowest BCUT2D eigenvalue weighted by molar-refractivity contribution is -0.0415. The summed E-state index contributed by atoms with van der Waals surface area (Å²) in [5.74, 6) is 1.47. The van der Waals surface area contributed by atoms with Gasteiger partial charge in [0.05, 0.1) is 5.60 Å². The van der Waals surface area contributed by atoms with Gasteiger partial charge in [-0.15, -0.1) is 0 Å². The van der Waals surface area contributed by atoms with E-state index in [0.29, 0.717) is 11.3 Å². The summed E-state index contributed by atoms with van der Waals surface area (Å²) in [5, 5.41) is 10.7. The van der Waals surface area contributed by atoms with E-state index >= 15 is 0 Å². The molecule has 1 saturated carbocycles. The van der Waals surface area contributed by atoms with Crippen molar-refractivity contribution in [3.05, 3.63) is 0 Å². The molecule has 1 nitrogen and oxygen atoms in total. The molecule has 1 heteroatoms. The van der Waals surface area contributed by atoms with Crippen molar-refractivity contribution >= 4 is 0 Å². The lowest BCUT2D eigenvalue weighted by Gasteiger charge is -2.42. The standard InChI is InChI=1S/C16H32O/c1-6-7-13(2)12-16(17)10-8-14(9-11-16)15(3,4)5/h13-14,17H,6-12H2,1-5H3. The van der Waals surface area contributed by atoms with Crippen LogP contribution in [-0.2, 0) is 0 Å². The van der Waals surface area contributed by atoms with Crippen LogP contribution in [0.25, 0.3) is 0 Å². The Hall–Kier alpha value is -0.0400. The number of hydrogen-bond donors (Lipinski definition) is 1. The van der Waals surface area contributed by atoms with E-state index in [1.165, 1.54) is 25.7 Å². The zero-order valence-corrected chi connectivity index (χ0v) is 12.6. The van der Waals surface area contributed by atoms with Gasteiger partial charge in [-0.3, -0.25) is 0 Å². The fourth-order valence-corrected chi connectivity index (χ4v) is 3.47. The summed E-state index contributed by atoms with van der Waals surface area (Å²) in [6.45, 7) is 11.5. The van der Waals surface area contributed by atoms with Gasteiger partial charge < -0.3 is 5.11 Å². The highest BCUT2D eigenvalue weighted by Crippen LogP contribution is 2.43. The van der Waals surface area contributed by atoms with Crippen LogP contribution in [0.5, 0.6) is 0 Å². The second-order valence-corrected chi connectivity index (χ2v) is 7.46. The van der Waals surface area contributed by atoms with E-state index in [-0.39, 0.29) is 5.60 Å². The fraction of sp³-hybridized carbons (Fsp3) is 1.00. The summed E-state index contributed by atoms with van der Waals surface area (Å²) >= 11 is 0. The van der Waals surface area contributed by atoms with Gasteiger partial charge in [0.1, 0.15) is 0 Å². The Balaban J connectivity index is 2.44. The van der Waals surface area contributed by atoms with Crippen molar-refractivity contribution in [1.82, 2.24) is 0 Å². The Morgan fingerprint density at radius 1 is 1.24 bits per heavy atom. The van der Waals surface area contributed by atoms with E-state index in [0.717, 1.165) is 25.2 Å². The van der Waals surface area contributed by atoms with E-state index in [9.17, 15) is 5.11 Å². The molecule has 1 aliphatic carbocycles. The van der Waals surface area contributed by atoms with Crippen LogP contribution in [0.15, 0.2) is 0 Å². The molecule has 1 rings (SSSR count). The fourth-order valence-electron chi connectivity index (χ4n) is 3.47. The molecule has 0 aromatic carbocycles. The van der Waals surface area contributed by atoms with Gasteiger partial charge in [-0.05, 0) is 49.4 Å². The van der Waals surface area contributed by atoms with Gasteiger partial charge in [-0.1, -0.05) is 47.5 Å². The third-order valence-corrected chi connectivity index (χ3v) is 4.65.